The van der Waals surface area contributed by atoms with Crippen molar-refractivity contribution < 1.29 is 4.79 Å². The molecule has 0 unspecified atom stereocenters. The van der Waals surface area contributed by atoms with E-state index in [4.69, 9.17) is 0 Å². The number of hydrogen-bond donors (Lipinski definition) is 0. The van der Waals surface area contributed by atoms with E-state index >= 15 is 0 Å². The Morgan fingerprint density at radius 3 is 1.76 bits per heavy atom. The molecule has 0 N–H and O–H groups in total. The van der Waals surface area contributed by atoms with Gasteiger partial charge in [-0.05, 0) is 46.7 Å². The average molecular weight is 377 g/mol. The molecule has 0 saturated heterocycles. The zero-order chi connectivity index (χ0) is 19.8. The Hall–Kier alpha value is -3.39. The highest BCUT2D eigenvalue weighted by molar-refractivity contribution is 6.09. The first-order valence-electron chi connectivity index (χ1n) is 10.1. The monoisotopic (exact) mass is 377 g/mol. The Labute approximate surface area is 171 Å². The molecule has 29 heavy (non-hydrogen) atoms. The Balaban J connectivity index is 1.66. The van der Waals surface area contributed by atoms with Crippen molar-refractivity contribution in [3.05, 3.63) is 113 Å². The normalized spacial score (nSPS) is 23.3. The molecular weight excluding hydrogens is 354 g/mol. The highest BCUT2D eigenvalue weighted by Crippen LogP contribution is 2.55. The summed E-state index contributed by atoms with van der Waals surface area (Å²) in [5, 5.41) is 0. The van der Waals surface area contributed by atoms with Crippen LogP contribution in [0.3, 0.4) is 0 Å². The molecule has 2 nitrogen and oxygen atoms in total. The van der Waals surface area contributed by atoms with Crippen LogP contribution in [0, 0.1) is 0 Å². The van der Waals surface area contributed by atoms with Crippen molar-refractivity contribution in [2.45, 2.75) is 18.3 Å². The van der Waals surface area contributed by atoms with E-state index in [9.17, 15) is 4.79 Å². The molecule has 0 bridgehead atoms. The molecule has 2 heteroatoms. The molecule has 142 valence electrons. The third-order valence-electron chi connectivity index (χ3n) is 6.17. The van der Waals surface area contributed by atoms with Gasteiger partial charge in [-0.25, -0.2) is 0 Å². The first-order valence-corrected chi connectivity index (χ1v) is 10.1. The number of amides is 1. The summed E-state index contributed by atoms with van der Waals surface area (Å²) in [6.07, 6.45) is 5.97. The van der Waals surface area contributed by atoms with Crippen molar-refractivity contribution in [2.75, 3.05) is 11.9 Å². The second-order valence-corrected chi connectivity index (χ2v) is 7.98. The van der Waals surface area contributed by atoms with Gasteiger partial charge >= 0.3 is 0 Å². The summed E-state index contributed by atoms with van der Waals surface area (Å²) in [5.41, 5.74) is 6.54. The van der Waals surface area contributed by atoms with Crippen molar-refractivity contribution in [3.63, 3.8) is 0 Å². The first-order chi connectivity index (χ1) is 14.2. The molecule has 3 aromatic rings. The number of carbonyl (C=O) groups is 1. The van der Waals surface area contributed by atoms with Gasteiger partial charge < -0.3 is 4.90 Å². The topological polar surface area (TPSA) is 20.3 Å². The minimum atomic E-state index is -0.493. The van der Waals surface area contributed by atoms with Crippen molar-refractivity contribution in [2.24, 2.45) is 0 Å². The zero-order valence-corrected chi connectivity index (χ0v) is 16.5. The summed E-state index contributed by atoms with van der Waals surface area (Å²) in [6, 6.07) is 29.0. The van der Waals surface area contributed by atoms with E-state index in [2.05, 4.69) is 72.8 Å². The lowest BCUT2D eigenvalue weighted by atomic mass is 9.79. The molecular formula is C27H23NO. The minimum absolute atomic E-state index is 0.203. The van der Waals surface area contributed by atoms with Gasteiger partial charge in [-0.2, -0.15) is 0 Å². The number of nitrogens with zero attached hydrogens (tertiary/aromatic N) is 1. The molecule has 1 amide bonds. The van der Waals surface area contributed by atoms with Crippen LogP contribution in [-0.2, 0) is 10.2 Å². The fourth-order valence-corrected chi connectivity index (χ4v) is 4.79. The third-order valence-corrected chi connectivity index (χ3v) is 6.17. The van der Waals surface area contributed by atoms with Crippen LogP contribution < -0.4 is 4.90 Å². The number of carbonyl (C=O) groups excluding carboxylic acids is 1. The number of hydrogen-bond acceptors (Lipinski definition) is 1. The van der Waals surface area contributed by atoms with Crippen molar-refractivity contribution in [3.8, 4) is 0 Å². The van der Waals surface area contributed by atoms with E-state index in [-0.39, 0.29) is 5.91 Å². The summed E-state index contributed by atoms with van der Waals surface area (Å²) in [6.45, 7) is 0. The molecule has 3 aromatic carbocycles. The summed E-state index contributed by atoms with van der Waals surface area (Å²) in [7, 11) is 1.90. The number of rotatable bonds is 2. The summed E-state index contributed by atoms with van der Waals surface area (Å²) in [4.78, 5) is 15.3. The maximum atomic E-state index is 13.5. The fraction of sp³-hybridized carbons (Fsp3) is 0.148. The number of anilines is 1. The lowest BCUT2D eigenvalue weighted by molar-refractivity contribution is -0.122. The van der Waals surface area contributed by atoms with E-state index in [1.165, 1.54) is 22.3 Å². The fourth-order valence-electron chi connectivity index (χ4n) is 4.79. The molecule has 1 spiro atoms. The van der Waals surface area contributed by atoms with Gasteiger partial charge in [0.1, 0.15) is 0 Å². The van der Waals surface area contributed by atoms with Crippen LogP contribution in [0.1, 0.15) is 29.5 Å². The molecule has 2 aliphatic rings. The molecule has 0 radical (unpaired) electrons. The Bertz CT molecular complexity index is 1070. The van der Waals surface area contributed by atoms with E-state index in [0.29, 0.717) is 0 Å². The van der Waals surface area contributed by atoms with E-state index in [1.807, 2.05) is 36.2 Å². The predicted molar refractivity (Wildman–Crippen MR) is 120 cm³/mol. The lowest BCUT2D eigenvalue weighted by Gasteiger charge is -2.21. The van der Waals surface area contributed by atoms with Crippen molar-refractivity contribution >= 4 is 23.7 Å². The average Bonchev–Trinajstić information content (AvgIpc) is 3.21. The third kappa shape index (κ3) is 2.92. The van der Waals surface area contributed by atoms with Crippen LogP contribution in [0.5, 0.6) is 0 Å². The molecule has 1 aliphatic carbocycles. The maximum absolute atomic E-state index is 13.5. The second kappa shape index (κ2) is 6.89. The Kier molecular flexibility index (Phi) is 4.21. The van der Waals surface area contributed by atoms with Crippen LogP contribution in [0.15, 0.2) is 96.1 Å². The maximum Gasteiger partial charge on any atom is 0.238 e. The van der Waals surface area contributed by atoms with Gasteiger partial charge in [0.2, 0.25) is 5.91 Å². The summed E-state index contributed by atoms with van der Waals surface area (Å²) < 4.78 is 0. The number of fused-ring (bicyclic) bond motifs is 2. The molecule has 0 atom stereocenters. The molecule has 1 heterocycles. The van der Waals surface area contributed by atoms with Crippen molar-refractivity contribution in [1.82, 2.24) is 0 Å². The van der Waals surface area contributed by atoms with Crippen LogP contribution in [0.4, 0.5) is 5.69 Å². The number of para-hydroxylation sites is 1. The Morgan fingerprint density at radius 1 is 0.724 bits per heavy atom. The smallest absolute Gasteiger partial charge is 0.238 e. The molecule has 1 saturated carbocycles. The van der Waals surface area contributed by atoms with Crippen LogP contribution in [-0.4, -0.2) is 13.0 Å². The largest absolute Gasteiger partial charge is 0.314 e. The van der Waals surface area contributed by atoms with E-state index < -0.39 is 5.41 Å². The standard InChI is InChI=1S/C27H23NO/c1-28-25-15-9-8-14-24(25)27(26(28)29)18-22(16-20-10-4-2-5-11-20)23(19-27)17-21-12-6-3-7-13-21/h2-17H,18-19H2,1H3/b22-16+,23-17+. The van der Waals surface area contributed by atoms with Gasteiger partial charge in [0.15, 0.2) is 0 Å². The molecule has 5 rings (SSSR count). The highest BCUT2D eigenvalue weighted by Gasteiger charge is 2.53. The minimum Gasteiger partial charge on any atom is -0.314 e. The SMILES string of the molecule is CN1C(=O)C2(CC(=C\c3ccccc3)/C(=C/c3ccccc3)C2)c2ccccc21. The van der Waals surface area contributed by atoms with Crippen LogP contribution in [0.25, 0.3) is 12.2 Å². The predicted octanol–water partition coefficient (Wildman–Crippen LogP) is 5.86. The van der Waals surface area contributed by atoms with Gasteiger partial charge in [-0.1, -0.05) is 91.0 Å². The summed E-state index contributed by atoms with van der Waals surface area (Å²) >= 11 is 0. The number of likely N-dealkylation sites (N-methyl/N-ethyl adjacent to an activating group) is 1. The highest BCUT2D eigenvalue weighted by atomic mass is 16.2. The molecule has 0 aromatic heterocycles. The Morgan fingerprint density at radius 2 is 1.21 bits per heavy atom. The summed E-state index contributed by atoms with van der Waals surface area (Å²) in [5.74, 6) is 0.203. The number of allylic oxidation sites excluding steroid dienone is 2. The van der Waals surface area contributed by atoms with Crippen LogP contribution in [0.2, 0.25) is 0 Å². The quantitative estimate of drug-likeness (QED) is 0.548. The second-order valence-electron chi connectivity index (χ2n) is 7.98. The van der Waals surface area contributed by atoms with Gasteiger partial charge in [0.25, 0.3) is 0 Å². The van der Waals surface area contributed by atoms with E-state index in [0.717, 1.165) is 24.1 Å². The zero-order valence-electron chi connectivity index (χ0n) is 16.5. The molecule has 1 fully saturated rings. The van der Waals surface area contributed by atoms with Crippen molar-refractivity contribution in [1.29, 1.82) is 0 Å². The van der Waals surface area contributed by atoms with Gasteiger partial charge in [-0.3, -0.25) is 4.79 Å². The van der Waals surface area contributed by atoms with Gasteiger partial charge in [-0.15, -0.1) is 0 Å². The number of benzene rings is 3. The van der Waals surface area contributed by atoms with Gasteiger partial charge in [0, 0.05) is 12.7 Å². The van der Waals surface area contributed by atoms with E-state index in [1.54, 1.807) is 0 Å². The lowest BCUT2D eigenvalue weighted by Crippen LogP contribution is -2.36. The molecule has 1 aliphatic heterocycles. The van der Waals surface area contributed by atoms with Crippen LogP contribution >= 0.6 is 0 Å². The first kappa shape index (κ1) is 17.7. The van der Waals surface area contributed by atoms with Gasteiger partial charge in [0.05, 0.1) is 5.41 Å².